The van der Waals surface area contributed by atoms with E-state index in [1.807, 2.05) is 18.2 Å². The molecular formula is C21H30N8O2. The van der Waals surface area contributed by atoms with Crippen LogP contribution in [0.25, 0.3) is 10.9 Å². The first-order chi connectivity index (χ1) is 15.1. The molecule has 0 radical (unpaired) electrons. The van der Waals surface area contributed by atoms with Crippen molar-refractivity contribution in [2.24, 2.45) is 28.4 Å². The van der Waals surface area contributed by atoms with Crippen LogP contribution in [0.4, 0.5) is 0 Å². The molecule has 31 heavy (non-hydrogen) atoms. The molecule has 3 unspecified atom stereocenters. The molecule has 0 aliphatic heterocycles. The van der Waals surface area contributed by atoms with E-state index in [2.05, 4.69) is 26.1 Å². The molecule has 1 fully saturated rings. The molecular weight excluding hydrogens is 396 g/mol. The van der Waals surface area contributed by atoms with Crippen LogP contribution < -0.4 is 33.5 Å². The molecule has 1 saturated carbocycles. The zero-order valence-electron chi connectivity index (χ0n) is 17.4. The molecule has 1 aliphatic carbocycles. The maximum absolute atomic E-state index is 13.0. The van der Waals surface area contributed by atoms with Gasteiger partial charge in [0.25, 0.3) is 5.91 Å². The van der Waals surface area contributed by atoms with Crippen LogP contribution in [0.3, 0.4) is 0 Å². The molecule has 10 nitrogen and oxygen atoms in total. The fraction of sp³-hybridized carbons (Fsp3) is 0.429. The Morgan fingerprint density at radius 3 is 2.84 bits per heavy atom. The van der Waals surface area contributed by atoms with E-state index in [1.54, 1.807) is 18.3 Å². The summed E-state index contributed by atoms with van der Waals surface area (Å²) in [6.45, 7) is 0.423. The van der Waals surface area contributed by atoms with E-state index < -0.39 is 6.04 Å². The number of hydrogen-bond donors (Lipinski definition) is 6. The zero-order valence-corrected chi connectivity index (χ0v) is 17.4. The van der Waals surface area contributed by atoms with Crippen molar-refractivity contribution in [3.8, 4) is 0 Å². The number of nitrogens with two attached hydrogens (primary N) is 3. The lowest BCUT2D eigenvalue weighted by Gasteiger charge is -2.25. The van der Waals surface area contributed by atoms with Crippen LogP contribution in [0.5, 0.6) is 0 Å². The minimum Gasteiger partial charge on any atom is -0.351 e. The fourth-order valence-electron chi connectivity index (χ4n) is 4.02. The SMILES string of the molecule is NCCCC(NC(=O)c1ccc2cccnc2c1)C(=O)NC1CCCC1/C(=N/N)NN. The molecule has 1 aromatic carbocycles. The molecule has 3 atom stereocenters. The Morgan fingerprint density at radius 2 is 2.10 bits per heavy atom. The van der Waals surface area contributed by atoms with Gasteiger partial charge in [-0.05, 0) is 50.4 Å². The van der Waals surface area contributed by atoms with Gasteiger partial charge < -0.3 is 27.6 Å². The summed E-state index contributed by atoms with van der Waals surface area (Å²) in [5.41, 5.74) is 9.31. The third kappa shape index (κ3) is 5.47. The average Bonchev–Trinajstić information content (AvgIpc) is 3.24. The fourth-order valence-corrected chi connectivity index (χ4v) is 4.02. The third-order valence-electron chi connectivity index (χ3n) is 5.67. The van der Waals surface area contributed by atoms with Gasteiger partial charge in [0.15, 0.2) is 0 Å². The summed E-state index contributed by atoms with van der Waals surface area (Å²) < 4.78 is 0. The highest BCUT2D eigenvalue weighted by Gasteiger charge is 2.34. The van der Waals surface area contributed by atoms with Gasteiger partial charge in [-0.15, -0.1) is 0 Å². The first kappa shape index (κ1) is 22.4. The molecule has 1 heterocycles. The number of amidine groups is 1. The summed E-state index contributed by atoms with van der Waals surface area (Å²) in [6.07, 6.45) is 5.23. The molecule has 9 N–H and O–H groups in total. The summed E-state index contributed by atoms with van der Waals surface area (Å²) in [6, 6.07) is 8.17. The van der Waals surface area contributed by atoms with Crippen LogP contribution in [0.15, 0.2) is 41.6 Å². The van der Waals surface area contributed by atoms with E-state index in [1.165, 1.54) is 0 Å². The molecule has 0 saturated heterocycles. The van der Waals surface area contributed by atoms with Gasteiger partial charge in [-0.1, -0.05) is 18.6 Å². The maximum atomic E-state index is 13.0. The highest BCUT2D eigenvalue weighted by molar-refractivity contribution is 6.00. The normalized spacial score (nSPS) is 19.7. The predicted octanol–water partition coefficient (Wildman–Crippen LogP) is 0.0925. The van der Waals surface area contributed by atoms with E-state index >= 15 is 0 Å². The quantitative estimate of drug-likeness (QED) is 0.150. The van der Waals surface area contributed by atoms with E-state index in [0.29, 0.717) is 30.8 Å². The van der Waals surface area contributed by atoms with Crippen LogP contribution >= 0.6 is 0 Å². The number of nitrogens with one attached hydrogen (secondary N) is 3. The number of amides is 2. The first-order valence-electron chi connectivity index (χ1n) is 10.5. The van der Waals surface area contributed by atoms with Crippen molar-refractivity contribution < 1.29 is 9.59 Å². The van der Waals surface area contributed by atoms with Crippen LogP contribution in [0.1, 0.15) is 42.5 Å². The lowest BCUT2D eigenvalue weighted by Crippen LogP contribution is -2.52. The van der Waals surface area contributed by atoms with Gasteiger partial charge in [0, 0.05) is 29.1 Å². The number of hydrogen-bond acceptors (Lipinski definition) is 7. The first-order valence-corrected chi connectivity index (χ1v) is 10.5. The molecule has 1 aromatic heterocycles. The Bertz CT molecular complexity index is 948. The summed E-state index contributed by atoms with van der Waals surface area (Å²) in [5, 5.41) is 10.5. The van der Waals surface area contributed by atoms with Crippen LogP contribution in [-0.4, -0.2) is 41.3 Å². The minimum absolute atomic E-state index is 0.0867. The number of aromatic nitrogens is 1. The minimum atomic E-state index is -0.708. The van der Waals surface area contributed by atoms with Gasteiger partial charge in [0.1, 0.15) is 11.9 Å². The summed E-state index contributed by atoms with van der Waals surface area (Å²) in [4.78, 5) is 30.2. The second-order valence-corrected chi connectivity index (χ2v) is 7.68. The Balaban J connectivity index is 1.71. The predicted molar refractivity (Wildman–Crippen MR) is 120 cm³/mol. The number of carbonyl (C=O) groups excluding carboxylic acids is 2. The van der Waals surface area contributed by atoms with Crippen LogP contribution in [-0.2, 0) is 4.79 Å². The number of carbonyl (C=O) groups is 2. The Hall–Kier alpha value is -3.24. The lowest BCUT2D eigenvalue weighted by atomic mass is 10.0. The van der Waals surface area contributed by atoms with Crippen molar-refractivity contribution >= 4 is 28.6 Å². The zero-order chi connectivity index (χ0) is 22.2. The Kier molecular flexibility index (Phi) is 7.74. The van der Waals surface area contributed by atoms with Crippen molar-refractivity contribution in [3.05, 3.63) is 42.1 Å². The maximum Gasteiger partial charge on any atom is 0.252 e. The molecule has 1 aliphatic rings. The van der Waals surface area contributed by atoms with Gasteiger partial charge in [0.2, 0.25) is 5.91 Å². The number of pyridine rings is 1. The lowest BCUT2D eigenvalue weighted by molar-refractivity contribution is -0.124. The number of hydrazine groups is 1. The summed E-state index contributed by atoms with van der Waals surface area (Å²) in [5.74, 6) is 10.7. The molecule has 0 spiro atoms. The number of rotatable bonds is 8. The second-order valence-electron chi connectivity index (χ2n) is 7.68. The smallest absolute Gasteiger partial charge is 0.252 e. The highest BCUT2D eigenvalue weighted by Crippen LogP contribution is 2.26. The summed E-state index contributed by atoms with van der Waals surface area (Å²) in [7, 11) is 0. The van der Waals surface area contributed by atoms with Crippen LogP contribution in [0, 0.1) is 5.92 Å². The molecule has 3 rings (SSSR count). The van der Waals surface area contributed by atoms with Gasteiger partial charge in [-0.25, -0.2) is 5.84 Å². The van der Waals surface area contributed by atoms with Crippen LogP contribution in [0.2, 0.25) is 0 Å². The molecule has 10 heteroatoms. The van der Waals surface area contributed by atoms with Crippen molar-refractivity contribution in [2.45, 2.75) is 44.2 Å². The molecule has 2 aromatic rings. The highest BCUT2D eigenvalue weighted by atomic mass is 16.2. The van der Waals surface area contributed by atoms with E-state index in [4.69, 9.17) is 17.4 Å². The third-order valence-corrected chi connectivity index (χ3v) is 5.67. The van der Waals surface area contributed by atoms with Crippen molar-refractivity contribution in [1.82, 2.24) is 21.0 Å². The van der Waals surface area contributed by atoms with E-state index in [-0.39, 0.29) is 23.8 Å². The number of hydrazone groups is 1. The second kappa shape index (κ2) is 10.7. The Labute approximate surface area is 181 Å². The molecule has 166 valence electrons. The van der Waals surface area contributed by atoms with Gasteiger partial charge in [0.05, 0.1) is 5.52 Å². The van der Waals surface area contributed by atoms with Gasteiger partial charge in [-0.2, -0.15) is 5.10 Å². The monoisotopic (exact) mass is 426 g/mol. The van der Waals surface area contributed by atoms with Crippen molar-refractivity contribution in [2.75, 3.05) is 6.54 Å². The van der Waals surface area contributed by atoms with Gasteiger partial charge >= 0.3 is 0 Å². The van der Waals surface area contributed by atoms with Gasteiger partial charge in [-0.3, -0.25) is 14.6 Å². The number of nitrogens with zero attached hydrogens (tertiary/aromatic N) is 2. The standard InChI is InChI=1S/C21H30N8O2/c22-10-2-7-17(21(31)26-16-6-1-5-15(16)19(28-23)29-24)27-20(30)14-9-8-13-4-3-11-25-18(13)12-14/h3-4,8-9,11-12,15-17H,1-2,5-7,10,22-24H2,(H,26,31)(H,27,30)(H,28,29). The number of fused-ring (bicyclic) bond motifs is 1. The number of benzene rings is 1. The molecule has 0 bridgehead atoms. The summed E-state index contributed by atoms with van der Waals surface area (Å²) >= 11 is 0. The van der Waals surface area contributed by atoms with E-state index in [9.17, 15) is 9.59 Å². The van der Waals surface area contributed by atoms with Crippen molar-refractivity contribution in [3.63, 3.8) is 0 Å². The Morgan fingerprint density at radius 1 is 1.26 bits per heavy atom. The topological polar surface area (TPSA) is 174 Å². The average molecular weight is 427 g/mol. The molecule has 2 amide bonds. The largest absolute Gasteiger partial charge is 0.351 e. The van der Waals surface area contributed by atoms with E-state index in [0.717, 1.165) is 30.2 Å². The van der Waals surface area contributed by atoms with Crippen molar-refractivity contribution in [1.29, 1.82) is 0 Å².